The monoisotopic (exact) mass is 361 g/mol. The van der Waals surface area contributed by atoms with E-state index in [0.29, 0.717) is 23.5 Å². The highest BCUT2D eigenvalue weighted by Crippen LogP contribution is 2.18. The van der Waals surface area contributed by atoms with Crippen molar-refractivity contribution in [2.45, 2.75) is 33.2 Å². The van der Waals surface area contributed by atoms with Crippen LogP contribution in [0.1, 0.15) is 27.7 Å². The Morgan fingerprint density at radius 3 is 2.58 bits per heavy atom. The Balaban J connectivity index is 1.63. The molecular weight excluding hydrogens is 334 g/mol. The van der Waals surface area contributed by atoms with E-state index in [0.717, 1.165) is 32.7 Å². The highest BCUT2D eigenvalue weighted by atomic mass is 16.2. The minimum Gasteiger partial charge on any atom is -0.354 e. The minimum atomic E-state index is -0.254. The van der Waals surface area contributed by atoms with Crippen LogP contribution in [0.2, 0.25) is 0 Å². The molecule has 0 unspecified atom stereocenters. The van der Waals surface area contributed by atoms with Gasteiger partial charge in [0.2, 0.25) is 11.9 Å². The Kier molecular flexibility index (Phi) is 4.99. The predicted molar refractivity (Wildman–Crippen MR) is 100 cm³/mol. The Labute approximate surface area is 152 Å². The fourth-order valence-corrected chi connectivity index (χ4v) is 3.11. The van der Waals surface area contributed by atoms with E-state index in [1.165, 1.54) is 0 Å². The van der Waals surface area contributed by atoms with Crippen LogP contribution < -0.4 is 10.9 Å². The molecule has 142 valence electrons. The lowest BCUT2D eigenvalue weighted by molar-refractivity contribution is -0.130. The number of amides is 1. The van der Waals surface area contributed by atoms with Crippen molar-refractivity contribution in [2.24, 2.45) is 0 Å². The van der Waals surface area contributed by atoms with Gasteiger partial charge in [0.1, 0.15) is 5.39 Å². The summed E-state index contributed by atoms with van der Waals surface area (Å²) in [6, 6.07) is 0. The van der Waals surface area contributed by atoms with Gasteiger partial charge >= 0.3 is 0 Å². The Hall–Kier alpha value is -2.42. The Bertz CT molecular complexity index is 841. The van der Waals surface area contributed by atoms with E-state index < -0.39 is 0 Å². The average molecular weight is 361 g/mol. The molecule has 2 N–H and O–H groups in total. The molecule has 9 nitrogen and oxygen atoms in total. The van der Waals surface area contributed by atoms with Gasteiger partial charge in [0.25, 0.3) is 5.56 Å². The normalized spacial score (nSPS) is 16.2. The van der Waals surface area contributed by atoms with E-state index in [9.17, 15) is 9.59 Å². The van der Waals surface area contributed by atoms with E-state index in [1.54, 1.807) is 17.8 Å². The predicted octanol–water partition coefficient (Wildman–Crippen LogP) is 0.451. The van der Waals surface area contributed by atoms with Crippen LogP contribution in [0.3, 0.4) is 0 Å². The molecule has 1 aliphatic heterocycles. The summed E-state index contributed by atoms with van der Waals surface area (Å²) in [6.45, 7) is 12.4. The number of carbonyl (C=O) groups is 1. The van der Waals surface area contributed by atoms with Gasteiger partial charge in [-0.3, -0.25) is 19.5 Å². The van der Waals surface area contributed by atoms with Crippen LogP contribution in [0.5, 0.6) is 0 Å². The van der Waals surface area contributed by atoms with E-state index in [2.05, 4.69) is 25.3 Å². The van der Waals surface area contributed by atoms with Crippen LogP contribution in [0, 0.1) is 0 Å². The second-order valence-corrected chi connectivity index (χ2v) is 7.65. The first-order chi connectivity index (χ1) is 12.3. The highest BCUT2D eigenvalue weighted by molar-refractivity contribution is 5.74. The van der Waals surface area contributed by atoms with Crippen molar-refractivity contribution in [1.82, 2.24) is 29.5 Å². The van der Waals surface area contributed by atoms with Gasteiger partial charge in [-0.15, -0.1) is 0 Å². The number of anilines is 1. The number of piperazine rings is 1. The minimum absolute atomic E-state index is 0.133. The molecule has 0 aromatic carbocycles. The van der Waals surface area contributed by atoms with Gasteiger partial charge < -0.3 is 10.2 Å². The summed E-state index contributed by atoms with van der Waals surface area (Å²) >= 11 is 0. The van der Waals surface area contributed by atoms with E-state index in [4.69, 9.17) is 0 Å². The lowest BCUT2D eigenvalue weighted by Gasteiger charge is -2.34. The van der Waals surface area contributed by atoms with Gasteiger partial charge in [0.15, 0.2) is 5.65 Å². The average Bonchev–Trinajstić information content (AvgIpc) is 3.00. The van der Waals surface area contributed by atoms with Crippen LogP contribution in [0.25, 0.3) is 11.0 Å². The number of rotatable bonds is 4. The smallest absolute Gasteiger partial charge is 0.263 e. The molecule has 2 aromatic heterocycles. The summed E-state index contributed by atoms with van der Waals surface area (Å²) < 4.78 is 1.77. The second kappa shape index (κ2) is 7.06. The molecule has 1 saturated heterocycles. The summed E-state index contributed by atoms with van der Waals surface area (Å²) in [6.07, 6.45) is 1.56. The fraction of sp³-hybridized carbons (Fsp3) is 0.647. The zero-order chi connectivity index (χ0) is 18.9. The zero-order valence-corrected chi connectivity index (χ0v) is 15.9. The number of aromatic nitrogens is 4. The molecule has 0 atom stereocenters. The first-order valence-electron chi connectivity index (χ1n) is 8.96. The molecule has 0 aliphatic carbocycles. The Morgan fingerprint density at radius 1 is 1.27 bits per heavy atom. The maximum absolute atomic E-state index is 12.3. The number of H-pyrrole nitrogens is 1. The molecule has 0 spiro atoms. The van der Waals surface area contributed by atoms with Crippen molar-refractivity contribution in [3.05, 3.63) is 16.6 Å². The lowest BCUT2D eigenvalue weighted by Crippen LogP contribution is -2.49. The van der Waals surface area contributed by atoms with E-state index in [-0.39, 0.29) is 17.0 Å². The van der Waals surface area contributed by atoms with Gasteiger partial charge in [-0.25, -0.2) is 4.68 Å². The number of nitrogens with one attached hydrogen (secondary N) is 2. The van der Waals surface area contributed by atoms with Gasteiger partial charge in [0, 0.05) is 46.2 Å². The first kappa shape index (κ1) is 18.4. The third-order valence-electron chi connectivity index (χ3n) is 4.61. The number of hydrogen-bond donors (Lipinski definition) is 2. The molecule has 26 heavy (non-hydrogen) atoms. The summed E-state index contributed by atoms with van der Waals surface area (Å²) in [4.78, 5) is 35.1. The molecule has 0 saturated carbocycles. The van der Waals surface area contributed by atoms with Gasteiger partial charge in [0.05, 0.1) is 11.7 Å². The maximum atomic E-state index is 12.3. The lowest BCUT2D eigenvalue weighted by atomic mass is 10.1. The van der Waals surface area contributed by atoms with Crippen LogP contribution >= 0.6 is 0 Å². The summed E-state index contributed by atoms with van der Waals surface area (Å²) in [5, 5.41) is 8.00. The molecule has 0 bridgehead atoms. The number of carbonyl (C=O) groups excluding carboxylic acids is 1. The largest absolute Gasteiger partial charge is 0.354 e. The fourth-order valence-electron chi connectivity index (χ4n) is 3.11. The van der Waals surface area contributed by atoms with Crippen molar-refractivity contribution >= 4 is 22.9 Å². The molecule has 2 aromatic rings. The van der Waals surface area contributed by atoms with Gasteiger partial charge in [-0.05, 0) is 20.8 Å². The number of nitrogens with zero attached hydrogens (tertiary/aromatic N) is 5. The topological polar surface area (TPSA) is 99.2 Å². The summed E-state index contributed by atoms with van der Waals surface area (Å²) in [7, 11) is 0. The molecule has 9 heteroatoms. The number of aromatic amines is 1. The SMILES string of the molecule is CC(=O)N1CCN(CCNc2nc3c(cnn3C(C)(C)C)c(=O)[nH]2)CC1. The van der Waals surface area contributed by atoms with Crippen LogP contribution in [-0.4, -0.2) is 74.7 Å². The van der Waals surface area contributed by atoms with Crippen LogP contribution in [-0.2, 0) is 10.3 Å². The zero-order valence-electron chi connectivity index (χ0n) is 15.9. The quantitative estimate of drug-likeness (QED) is 0.820. The van der Waals surface area contributed by atoms with Gasteiger partial charge in [-0.1, -0.05) is 0 Å². The summed E-state index contributed by atoms with van der Waals surface area (Å²) in [5.74, 6) is 0.587. The van der Waals surface area contributed by atoms with Crippen LogP contribution in [0.4, 0.5) is 5.95 Å². The number of fused-ring (bicyclic) bond motifs is 1. The third-order valence-corrected chi connectivity index (χ3v) is 4.61. The van der Waals surface area contributed by atoms with Crippen molar-refractivity contribution in [3.8, 4) is 0 Å². The molecule has 1 aliphatic rings. The van der Waals surface area contributed by atoms with Crippen molar-refractivity contribution in [2.75, 3.05) is 44.6 Å². The van der Waals surface area contributed by atoms with E-state index >= 15 is 0 Å². The number of hydrogen-bond acceptors (Lipinski definition) is 6. The van der Waals surface area contributed by atoms with Crippen molar-refractivity contribution in [1.29, 1.82) is 0 Å². The van der Waals surface area contributed by atoms with Gasteiger partial charge in [-0.2, -0.15) is 10.1 Å². The van der Waals surface area contributed by atoms with Crippen molar-refractivity contribution in [3.63, 3.8) is 0 Å². The van der Waals surface area contributed by atoms with Crippen LogP contribution in [0.15, 0.2) is 11.0 Å². The second-order valence-electron chi connectivity index (χ2n) is 7.65. The molecule has 1 fully saturated rings. The van der Waals surface area contributed by atoms with Crippen molar-refractivity contribution < 1.29 is 4.79 Å². The summed E-state index contributed by atoms with van der Waals surface area (Å²) in [5.41, 5.74) is 0.137. The maximum Gasteiger partial charge on any atom is 0.263 e. The molecular formula is C17H27N7O2. The standard InChI is InChI=1S/C17H27N7O2/c1-12(25)23-9-7-22(8-10-23)6-5-18-16-20-14-13(15(26)21-16)11-19-24(14)17(2,3)4/h11H,5-10H2,1-4H3,(H2,18,20,21,26). The Morgan fingerprint density at radius 2 is 1.96 bits per heavy atom. The van der Waals surface area contributed by atoms with E-state index in [1.807, 2.05) is 25.7 Å². The highest BCUT2D eigenvalue weighted by Gasteiger charge is 2.20. The first-order valence-corrected chi connectivity index (χ1v) is 8.96. The molecule has 3 rings (SSSR count). The molecule has 1 amide bonds. The molecule has 0 radical (unpaired) electrons. The molecule has 3 heterocycles. The third kappa shape index (κ3) is 3.87.